The summed E-state index contributed by atoms with van der Waals surface area (Å²) < 4.78 is 5.26. The van der Waals surface area contributed by atoms with Crippen LogP contribution in [0, 0.1) is 0 Å². The number of aromatic nitrogens is 1. The van der Waals surface area contributed by atoms with E-state index in [1.165, 1.54) is 0 Å². The van der Waals surface area contributed by atoms with E-state index >= 15 is 0 Å². The first kappa shape index (κ1) is 18.6. The van der Waals surface area contributed by atoms with Crippen LogP contribution in [0.5, 0.6) is 5.75 Å². The van der Waals surface area contributed by atoms with Crippen LogP contribution in [0.25, 0.3) is 0 Å². The third-order valence-corrected chi connectivity index (χ3v) is 4.38. The Balaban J connectivity index is 1.96. The lowest BCUT2D eigenvalue weighted by atomic mass is 9.98. The van der Waals surface area contributed by atoms with Gasteiger partial charge in [-0.3, -0.25) is 0 Å². The van der Waals surface area contributed by atoms with E-state index in [1.54, 1.807) is 19.4 Å². The fourth-order valence-electron chi connectivity index (χ4n) is 2.98. The summed E-state index contributed by atoms with van der Waals surface area (Å²) in [6.45, 7) is 3.59. The minimum atomic E-state index is -0.0777. The van der Waals surface area contributed by atoms with Gasteiger partial charge in [-0.2, -0.15) is 5.10 Å². The van der Waals surface area contributed by atoms with Crippen molar-refractivity contribution in [2.75, 3.05) is 18.7 Å². The van der Waals surface area contributed by atoms with Gasteiger partial charge in [-0.25, -0.2) is 9.99 Å². The highest BCUT2D eigenvalue weighted by Crippen LogP contribution is 2.36. The molecule has 1 aromatic carbocycles. The molecule has 1 aliphatic heterocycles. The molecule has 0 spiro atoms. The van der Waals surface area contributed by atoms with Crippen LogP contribution in [0.4, 0.5) is 5.82 Å². The van der Waals surface area contributed by atoms with Crippen LogP contribution in [0.15, 0.2) is 90.2 Å². The van der Waals surface area contributed by atoms with Crippen LogP contribution >= 0.6 is 0 Å². The number of aliphatic hydroxyl groups excluding tert-OH is 1. The molecule has 1 unspecified atom stereocenters. The summed E-state index contributed by atoms with van der Waals surface area (Å²) in [6.07, 6.45) is 9.67. The zero-order valence-electron chi connectivity index (χ0n) is 15.3. The van der Waals surface area contributed by atoms with Crippen molar-refractivity contribution in [2.45, 2.75) is 12.5 Å². The lowest BCUT2D eigenvalue weighted by Crippen LogP contribution is -2.19. The van der Waals surface area contributed by atoms with Crippen LogP contribution in [0.3, 0.4) is 0 Å². The maximum absolute atomic E-state index is 9.81. The molecular formula is C22H23N3O2. The minimum absolute atomic E-state index is 0.000796. The molecule has 1 aromatic heterocycles. The van der Waals surface area contributed by atoms with Gasteiger partial charge in [0.2, 0.25) is 0 Å². The first-order valence-electron chi connectivity index (χ1n) is 8.78. The van der Waals surface area contributed by atoms with Gasteiger partial charge in [0.15, 0.2) is 0 Å². The Labute approximate surface area is 159 Å². The third-order valence-electron chi connectivity index (χ3n) is 4.38. The topological polar surface area (TPSA) is 58.0 Å². The second kappa shape index (κ2) is 8.96. The SMILES string of the molecule is C=C/C=C\C=C(/CO)C1=NN(c2ccccn2)C(c2ccc(OC)cc2)C1. The van der Waals surface area contributed by atoms with Crippen molar-refractivity contribution in [3.8, 4) is 5.75 Å². The van der Waals surface area contributed by atoms with E-state index in [2.05, 4.69) is 11.6 Å². The average molecular weight is 361 g/mol. The van der Waals surface area contributed by atoms with Gasteiger partial charge < -0.3 is 9.84 Å². The number of hydrogen-bond donors (Lipinski definition) is 1. The number of ether oxygens (including phenoxy) is 1. The van der Waals surface area contributed by atoms with E-state index in [4.69, 9.17) is 9.84 Å². The highest BCUT2D eigenvalue weighted by molar-refractivity contribution is 6.03. The molecule has 138 valence electrons. The predicted octanol–water partition coefficient (Wildman–Crippen LogP) is 4.06. The second-order valence-electron chi connectivity index (χ2n) is 6.04. The molecule has 0 saturated heterocycles. The number of benzene rings is 1. The molecule has 0 saturated carbocycles. The molecule has 1 N–H and O–H groups in total. The normalized spacial score (nSPS) is 17.3. The van der Waals surface area contributed by atoms with Gasteiger partial charge in [-0.15, -0.1) is 0 Å². The van der Waals surface area contributed by atoms with E-state index in [0.29, 0.717) is 6.42 Å². The molecule has 5 heteroatoms. The Morgan fingerprint density at radius 1 is 1.26 bits per heavy atom. The predicted molar refractivity (Wildman–Crippen MR) is 109 cm³/mol. The van der Waals surface area contributed by atoms with Crippen molar-refractivity contribution < 1.29 is 9.84 Å². The number of anilines is 1. The summed E-state index contributed by atoms with van der Waals surface area (Å²) in [5.41, 5.74) is 2.74. The van der Waals surface area contributed by atoms with E-state index < -0.39 is 0 Å². The maximum atomic E-state index is 9.81. The summed E-state index contributed by atoms with van der Waals surface area (Å²) in [6, 6.07) is 13.7. The van der Waals surface area contributed by atoms with E-state index in [9.17, 15) is 5.11 Å². The highest BCUT2D eigenvalue weighted by atomic mass is 16.5. The Morgan fingerprint density at radius 2 is 2.07 bits per heavy atom. The molecule has 3 rings (SSSR count). The zero-order chi connectivity index (χ0) is 19.1. The van der Waals surface area contributed by atoms with Gasteiger partial charge in [0.1, 0.15) is 11.6 Å². The number of hydrazone groups is 1. The molecule has 0 aliphatic carbocycles. The number of pyridine rings is 1. The van der Waals surface area contributed by atoms with Crippen molar-refractivity contribution in [1.29, 1.82) is 0 Å². The molecule has 0 radical (unpaired) electrons. The van der Waals surface area contributed by atoms with Crippen molar-refractivity contribution in [3.05, 3.63) is 90.7 Å². The smallest absolute Gasteiger partial charge is 0.149 e. The number of nitrogens with zero attached hydrogens (tertiary/aromatic N) is 3. The van der Waals surface area contributed by atoms with Gasteiger partial charge in [-0.1, -0.05) is 49.1 Å². The summed E-state index contributed by atoms with van der Waals surface area (Å²) in [7, 11) is 1.65. The lowest BCUT2D eigenvalue weighted by Gasteiger charge is -2.23. The van der Waals surface area contributed by atoms with Crippen LogP contribution < -0.4 is 9.75 Å². The summed E-state index contributed by atoms with van der Waals surface area (Å²) >= 11 is 0. The monoisotopic (exact) mass is 361 g/mol. The number of rotatable bonds is 7. The molecule has 5 nitrogen and oxygen atoms in total. The Bertz CT molecular complexity index is 855. The largest absolute Gasteiger partial charge is 0.497 e. The van der Waals surface area contributed by atoms with E-state index in [0.717, 1.165) is 28.4 Å². The Kier molecular flexibility index (Phi) is 6.18. The number of methoxy groups -OCH3 is 1. The lowest BCUT2D eigenvalue weighted by molar-refractivity contribution is 0.337. The fourth-order valence-corrected chi connectivity index (χ4v) is 2.98. The van der Waals surface area contributed by atoms with Gasteiger partial charge in [0.05, 0.1) is 25.5 Å². The van der Waals surface area contributed by atoms with E-state index in [-0.39, 0.29) is 12.6 Å². The van der Waals surface area contributed by atoms with Gasteiger partial charge in [-0.05, 0) is 29.8 Å². The Hall–Kier alpha value is -3.18. The molecule has 1 atom stereocenters. The van der Waals surface area contributed by atoms with Crippen LogP contribution in [0.1, 0.15) is 18.0 Å². The fraction of sp³-hybridized carbons (Fsp3) is 0.182. The standard InChI is InChI=1S/C22H23N3O2/c1-3-4-5-8-18(16-26)20-15-21(17-10-12-19(27-2)13-11-17)25(24-20)22-9-6-7-14-23-22/h3-14,21,26H,1,15-16H2,2H3/b5-4-,18-8+. The summed E-state index contributed by atoms with van der Waals surface area (Å²) in [5, 5.41) is 16.5. The van der Waals surface area contributed by atoms with Crippen molar-refractivity contribution in [1.82, 2.24) is 4.98 Å². The van der Waals surface area contributed by atoms with Gasteiger partial charge in [0, 0.05) is 18.2 Å². The molecular weight excluding hydrogens is 338 g/mol. The maximum Gasteiger partial charge on any atom is 0.149 e. The van der Waals surface area contributed by atoms with Gasteiger partial charge in [0.25, 0.3) is 0 Å². The summed E-state index contributed by atoms with van der Waals surface area (Å²) in [5.74, 6) is 1.58. The van der Waals surface area contributed by atoms with Crippen molar-refractivity contribution in [3.63, 3.8) is 0 Å². The van der Waals surface area contributed by atoms with Crippen molar-refractivity contribution >= 4 is 11.5 Å². The first-order valence-corrected chi connectivity index (χ1v) is 8.78. The third kappa shape index (κ3) is 4.33. The number of allylic oxidation sites excluding steroid dienone is 4. The Morgan fingerprint density at radius 3 is 2.70 bits per heavy atom. The summed E-state index contributed by atoms with van der Waals surface area (Å²) in [4.78, 5) is 4.45. The molecule has 2 heterocycles. The zero-order valence-corrected chi connectivity index (χ0v) is 15.3. The molecule has 0 amide bonds. The molecule has 2 aromatic rings. The quantitative estimate of drug-likeness (QED) is 0.756. The van der Waals surface area contributed by atoms with Crippen LogP contribution in [0.2, 0.25) is 0 Å². The van der Waals surface area contributed by atoms with Gasteiger partial charge >= 0.3 is 0 Å². The second-order valence-corrected chi connectivity index (χ2v) is 6.04. The average Bonchev–Trinajstić information content (AvgIpc) is 3.17. The van der Waals surface area contributed by atoms with Crippen LogP contribution in [-0.4, -0.2) is 29.5 Å². The van der Waals surface area contributed by atoms with Crippen LogP contribution in [-0.2, 0) is 0 Å². The molecule has 0 bridgehead atoms. The first-order chi connectivity index (χ1) is 13.3. The molecule has 0 fully saturated rings. The number of aliphatic hydroxyl groups is 1. The molecule has 27 heavy (non-hydrogen) atoms. The van der Waals surface area contributed by atoms with Crippen molar-refractivity contribution in [2.24, 2.45) is 5.10 Å². The minimum Gasteiger partial charge on any atom is -0.497 e. The number of hydrogen-bond acceptors (Lipinski definition) is 5. The highest BCUT2D eigenvalue weighted by Gasteiger charge is 2.31. The van der Waals surface area contributed by atoms with E-state index in [1.807, 2.05) is 65.7 Å². The molecule has 1 aliphatic rings.